The first-order valence-corrected chi connectivity index (χ1v) is 7.31. The van der Waals surface area contributed by atoms with Crippen LogP contribution in [0.4, 0.5) is 4.39 Å². The van der Waals surface area contributed by atoms with Crippen LogP contribution in [0.5, 0.6) is 0 Å². The Labute approximate surface area is 138 Å². The number of carboxylic acid groups (broad SMARTS) is 1. The highest BCUT2D eigenvalue weighted by atomic mass is 19.1. The normalized spacial score (nSPS) is 10.8. The Morgan fingerprint density at radius 2 is 1.75 bits per heavy atom. The molecule has 5 heteroatoms. The van der Waals surface area contributed by atoms with Crippen LogP contribution >= 0.6 is 0 Å². The summed E-state index contributed by atoms with van der Waals surface area (Å²) in [6.07, 6.45) is 0. The second kappa shape index (κ2) is 6.68. The zero-order valence-electron chi connectivity index (χ0n) is 13.0. The third kappa shape index (κ3) is 2.94. The molecule has 0 atom stereocenters. The number of hydrogen-bond acceptors (Lipinski definition) is 3. The summed E-state index contributed by atoms with van der Waals surface area (Å²) in [4.78, 5) is 11.9. The van der Waals surface area contributed by atoms with Crippen LogP contribution in [0.2, 0.25) is 0 Å². The first kappa shape index (κ1) is 16.0. The fourth-order valence-corrected chi connectivity index (χ4v) is 2.63. The number of carbonyl (C=O) groups is 1. The van der Waals surface area contributed by atoms with Gasteiger partial charge in [0.05, 0.1) is 0 Å². The molecule has 3 rings (SSSR count). The minimum atomic E-state index is -1.11. The van der Waals surface area contributed by atoms with Crippen molar-refractivity contribution in [3.8, 4) is 22.5 Å². The van der Waals surface area contributed by atoms with Gasteiger partial charge in [0.1, 0.15) is 29.5 Å². The summed E-state index contributed by atoms with van der Waals surface area (Å²) in [5.41, 5.74) is 1.66. The molecule has 0 saturated heterocycles. The van der Waals surface area contributed by atoms with E-state index in [2.05, 4.69) is 0 Å². The maximum absolute atomic E-state index is 13.2. The highest BCUT2D eigenvalue weighted by Gasteiger charge is 2.27. The molecule has 0 saturated carbocycles. The lowest BCUT2D eigenvalue weighted by Gasteiger charge is -2.04. The summed E-state index contributed by atoms with van der Waals surface area (Å²) >= 11 is 0. The molecule has 0 unspecified atom stereocenters. The van der Waals surface area contributed by atoms with Gasteiger partial charge in [-0.1, -0.05) is 42.5 Å². The van der Waals surface area contributed by atoms with Gasteiger partial charge in [0.2, 0.25) is 0 Å². The molecule has 24 heavy (non-hydrogen) atoms. The molecule has 1 aromatic heterocycles. The number of furan rings is 1. The molecule has 1 heterocycles. The van der Waals surface area contributed by atoms with Crippen LogP contribution in [-0.2, 0) is 11.3 Å². The van der Waals surface area contributed by atoms with Crippen molar-refractivity contribution in [2.75, 3.05) is 7.11 Å². The van der Waals surface area contributed by atoms with Crippen LogP contribution in [0.25, 0.3) is 22.5 Å². The molecule has 0 aliphatic carbocycles. The fraction of sp³-hybridized carbons (Fsp3) is 0.105. The van der Waals surface area contributed by atoms with Gasteiger partial charge < -0.3 is 14.3 Å². The Balaban J connectivity index is 2.27. The van der Waals surface area contributed by atoms with Gasteiger partial charge in [-0.05, 0) is 17.7 Å². The summed E-state index contributed by atoms with van der Waals surface area (Å²) in [7, 11) is 1.50. The highest BCUT2D eigenvalue weighted by molar-refractivity contribution is 6.02. The number of halogens is 1. The summed E-state index contributed by atoms with van der Waals surface area (Å²) < 4.78 is 24.2. The monoisotopic (exact) mass is 326 g/mol. The van der Waals surface area contributed by atoms with Crippen molar-refractivity contribution in [1.29, 1.82) is 0 Å². The number of ether oxygens (including phenoxy) is 1. The molecular weight excluding hydrogens is 311 g/mol. The molecule has 4 nitrogen and oxygen atoms in total. The molecule has 122 valence electrons. The summed E-state index contributed by atoms with van der Waals surface area (Å²) in [5.74, 6) is -0.857. The zero-order chi connectivity index (χ0) is 17.1. The van der Waals surface area contributed by atoms with E-state index < -0.39 is 11.8 Å². The molecule has 0 aliphatic heterocycles. The van der Waals surface area contributed by atoms with E-state index in [0.29, 0.717) is 22.5 Å². The summed E-state index contributed by atoms with van der Waals surface area (Å²) in [6, 6.07) is 14.6. The van der Waals surface area contributed by atoms with E-state index in [1.165, 1.54) is 31.4 Å². The largest absolute Gasteiger partial charge is 0.478 e. The van der Waals surface area contributed by atoms with Crippen molar-refractivity contribution in [2.24, 2.45) is 0 Å². The van der Waals surface area contributed by atoms with Crippen LogP contribution in [0.15, 0.2) is 59.0 Å². The van der Waals surface area contributed by atoms with Gasteiger partial charge in [-0.25, -0.2) is 9.18 Å². The van der Waals surface area contributed by atoms with Gasteiger partial charge in [-0.3, -0.25) is 0 Å². The molecule has 0 amide bonds. The number of methoxy groups -OCH3 is 1. The highest BCUT2D eigenvalue weighted by Crippen LogP contribution is 2.38. The van der Waals surface area contributed by atoms with Crippen molar-refractivity contribution in [1.82, 2.24) is 0 Å². The topological polar surface area (TPSA) is 59.7 Å². The van der Waals surface area contributed by atoms with Gasteiger partial charge in [0, 0.05) is 18.2 Å². The molecule has 0 aliphatic rings. The Morgan fingerprint density at radius 1 is 1.08 bits per heavy atom. The van der Waals surface area contributed by atoms with E-state index in [4.69, 9.17) is 9.15 Å². The van der Waals surface area contributed by atoms with E-state index in [1.54, 1.807) is 24.3 Å². The van der Waals surface area contributed by atoms with Gasteiger partial charge >= 0.3 is 5.97 Å². The summed E-state index contributed by atoms with van der Waals surface area (Å²) in [5, 5.41) is 9.73. The predicted octanol–water partition coefficient (Wildman–Crippen LogP) is 4.60. The molecule has 0 bridgehead atoms. The Hall–Kier alpha value is -2.92. The standard InChI is InChI=1S/C19H15FO4/c1-23-11-15-16(12-7-9-14(20)10-8-12)17(19(21)22)18(24-15)13-5-3-2-4-6-13/h2-10H,11H2,1H3,(H,21,22). The molecule has 0 fully saturated rings. The molecule has 0 radical (unpaired) electrons. The minimum absolute atomic E-state index is 0.0415. The lowest BCUT2D eigenvalue weighted by atomic mass is 9.98. The molecule has 0 spiro atoms. The predicted molar refractivity (Wildman–Crippen MR) is 87.2 cm³/mol. The number of benzene rings is 2. The fourth-order valence-electron chi connectivity index (χ4n) is 2.63. The first-order valence-electron chi connectivity index (χ1n) is 7.31. The van der Waals surface area contributed by atoms with E-state index >= 15 is 0 Å². The van der Waals surface area contributed by atoms with Crippen LogP contribution in [-0.4, -0.2) is 18.2 Å². The SMILES string of the molecule is COCc1oc(-c2ccccc2)c(C(=O)O)c1-c1ccc(F)cc1. The van der Waals surface area contributed by atoms with Crippen molar-refractivity contribution in [3.63, 3.8) is 0 Å². The van der Waals surface area contributed by atoms with E-state index in [0.717, 1.165) is 0 Å². The van der Waals surface area contributed by atoms with Crippen LogP contribution in [0.3, 0.4) is 0 Å². The van der Waals surface area contributed by atoms with Gasteiger partial charge in [0.25, 0.3) is 0 Å². The maximum Gasteiger partial charge on any atom is 0.340 e. The lowest BCUT2D eigenvalue weighted by molar-refractivity contribution is 0.0698. The lowest BCUT2D eigenvalue weighted by Crippen LogP contribution is -2.00. The van der Waals surface area contributed by atoms with Crippen LogP contribution in [0, 0.1) is 5.82 Å². The molecule has 3 aromatic rings. The van der Waals surface area contributed by atoms with E-state index in [9.17, 15) is 14.3 Å². The first-order chi connectivity index (χ1) is 11.6. The average molecular weight is 326 g/mol. The number of rotatable bonds is 5. The average Bonchev–Trinajstić information content (AvgIpc) is 2.96. The maximum atomic E-state index is 13.2. The molecular formula is C19H15FO4. The molecule has 1 N–H and O–H groups in total. The van der Waals surface area contributed by atoms with Crippen molar-refractivity contribution >= 4 is 5.97 Å². The zero-order valence-corrected chi connectivity index (χ0v) is 13.0. The van der Waals surface area contributed by atoms with E-state index in [-0.39, 0.29) is 17.9 Å². The quantitative estimate of drug-likeness (QED) is 0.744. The van der Waals surface area contributed by atoms with Crippen molar-refractivity contribution in [2.45, 2.75) is 6.61 Å². The summed E-state index contributed by atoms with van der Waals surface area (Å²) in [6.45, 7) is 0.111. The smallest absolute Gasteiger partial charge is 0.340 e. The Bertz CT molecular complexity index is 851. The van der Waals surface area contributed by atoms with Gasteiger partial charge in [-0.15, -0.1) is 0 Å². The Morgan fingerprint density at radius 3 is 2.33 bits per heavy atom. The third-order valence-electron chi connectivity index (χ3n) is 3.64. The van der Waals surface area contributed by atoms with Crippen LogP contribution < -0.4 is 0 Å². The number of aromatic carboxylic acids is 1. The van der Waals surface area contributed by atoms with Gasteiger partial charge in [-0.2, -0.15) is 0 Å². The van der Waals surface area contributed by atoms with Crippen molar-refractivity contribution in [3.05, 3.63) is 71.7 Å². The second-order valence-corrected chi connectivity index (χ2v) is 5.22. The van der Waals surface area contributed by atoms with E-state index in [1.807, 2.05) is 6.07 Å². The number of hydrogen-bond donors (Lipinski definition) is 1. The van der Waals surface area contributed by atoms with Crippen molar-refractivity contribution < 1.29 is 23.4 Å². The second-order valence-electron chi connectivity index (χ2n) is 5.22. The van der Waals surface area contributed by atoms with Gasteiger partial charge in [0.15, 0.2) is 0 Å². The third-order valence-corrected chi connectivity index (χ3v) is 3.64. The minimum Gasteiger partial charge on any atom is -0.478 e. The number of carboxylic acids is 1. The van der Waals surface area contributed by atoms with Crippen LogP contribution in [0.1, 0.15) is 16.1 Å². The molecule has 2 aromatic carbocycles. The Kier molecular flexibility index (Phi) is 4.44.